The maximum Gasteiger partial charge on any atom is 0.159 e. The molecule has 106 valence electrons. The lowest BCUT2D eigenvalue weighted by atomic mass is 10.0. The molecule has 1 aliphatic rings. The van der Waals surface area contributed by atoms with E-state index in [1.54, 1.807) is 6.07 Å². The van der Waals surface area contributed by atoms with Crippen molar-refractivity contribution < 1.29 is 8.78 Å². The maximum atomic E-state index is 13.3. The fourth-order valence-corrected chi connectivity index (χ4v) is 5.14. The second kappa shape index (κ2) is 7.50. The van der Waals surface area contributed by atoms with Crippen LogP contribution in [0.15, 0.2) is 18.2 Å². The van der Waals surface area contributed by atoms with Crippen molar-refractivity contribution in [2.75, 3.05) is 23.8 Å². The molecule has 5 heteroatoms. The topological polar surface area (TPSA) is 12.0 Å². The monoisotopic (exact) mass is 303 g/mol. The molecule has 2 atom stereocenters. The smallest absolute Gasteiger partial charge is 0.159 e. The van der Waals surface area contributed by atoms with Gasteiger partial charge in [-0.05, 0) is 30.7 Å². The van der Waals surface area contributed by atoms with Gasteiger partial charge >= 0.3 is 0 Å². The third-order valence-electron chi connectivity index (χ3n) is 3.20. The van der Waals surface area contributed by atoms with Crippen LogP contribution in [0.2, 0.25) is 0 Å². The Balaban J connectivity index is 2.04. The summed E-state index contributed by atoms with van der Waals surface area (Å²) < 4.78 is 26.2. The van der Waals surface area contributed by atoms with Gasteiger partial charge in [0.15, 0.2) is 11.6 Å². The zero-order valence-corrected chi connectivity index (χ0v) is 12.6. The van der Waals surface area contributed by atoms with E-state index in [9.17, 15) is 8.78 Å². The van der Waals surface area contributed by atoms with Crippen molar-refractivity contribution in [2.45, 2.75) is 24.6 Å². The molecule has 1 fully saturated rings. The molecule has 0 spiro atoms. The van der Waals surface area contributed by atoms with Gasteiger partial charge in [0.2, 0.25) is 0 Å². The fraction of sp³-hybridized carbons (Fsp3) is 0.571. The summed E-state index contributed by atoms with van der Waals surface area (Å²) >= 11 is 3.97. The van der Waals surface area contributed by atoms with E-state index in [0.717, 1.165) is 24.3 Å². The Bertz CT molecular complexity index is 408. The zero-order valence-electron chi connectivity index (χ0n) is 11.0. The van der Waals surface area contributed by atoms with Crippen molar-refractivity contribution in [3.05, 3.63) is 35.4 Å². The summed E-state index contributed by atoms with van der Waals surface area (Å²) in [7, 11) is 0. The number of rotatable bonds is 5. The van der Waals surface area contributed by atoms with E-state index in [1.165, 1.54) is 23.6 Å². The Morgan fingerprint density at radius 2 is 2.16 bits per heavy atom. The molecule has 19 heavy (non-hydrogen) atoms. The van der Waals surface area contributed by atoms with Crippen LogP contribution < -0.4 is 5.32 Å². The molecule has 1 aliphatic heterocycles. The van der Waals surface area contributed by atoms with Crippen LogP contribution in [0.5, 0.6) is 0 Å². The summed E-state index contributed by atoms with van der Waals surface area (Å²) in [6, 6.07) is 4.55. The van der Waals surface area contributed by atoms with E-state index in [0.29, 0.717) is 11.3 Å². The van der Waals surface area contributed by atoms with Gasteiger partial charge in [-0.3, -0.25) is 0 Å². The average Bonchev–Trinajstić information content (AvgIpc) is 2.43. The number of hydrogen-bond donors (Lipinski definition) is 1. The Kier molecular flexibility index (Phi) is 5.98. The minimum atomic E-state index is -0.772. The Hall–Kier alpha value is -0.260. The minimum Gasteiger partial charge on any atom is -0.313 e. The van der Waals surface area contributed by atoms with Crippen molar-refractivity contribution in [3.8, 4) is 0 Å². The van der Waals surface area contributed by atoms with Gasteiger partial charge in [0.25, 0.3) is 0 Å². The molecule has 0 aliphatic carbocycles. The highest BCUT2D eigenvalue weighted by molar-refractivity contribution is 8.06. The van der Waals surface area contributed by atoms with E-state index >= 15 is 0 Å². The van der Waals surface area contributed by atoms with Gasteiger partial charge in [-0.25, -0.2) is 8.78 Å². The Morgan fingerprint density at radius 3 is 2.79 bits per heavy atom. The molecule has 1 saturated heterocycles. The van der Waals surface area contributed by atoms with E-state index < -0.39 is 11.6 Å². The second-order valence-electron chi connectivity index (χ2n) is 4.60. The molecule has 0 bridgehead atoms. The third-order valence-corrected chi connectivity index (χ3v) is 6.12. The Morgan fingerprint density at radius 1 is 1.32 bits per heavy atom. The van der Waals surface area contributed by atoms with Crippen molar-refractivity contribution in [1.29, 1.82) is 0 Å². The molecular formula is C14H19F2NS2. The molecule has 2 rings (SSSR count). The van der Waals surface area contributed by atoms with Crippen molar-refractivity contribution in [2.24, 2.45) is 0 Å². The first-order valence-electron chi connectivity index (χ1n) is 6.57. The zero-order chi connectivity index (χ0) is 13.7. The molecule has 1 aromatic rings. The molecule has 1 aromatic carbocycles. The fourth-order valence-electron chi connectivity index (χ4n) is 2.26. The van der Waals surface area contributed by atoms with Crippen molar-refractivity contribution >= 4 is 23.5 Å². The molecular weight excluding hydrogens is 284 g/mol. The maximum absolute atomic E-state index is 13.3. The van der Waals surface area contributed by atoms with Crippen LogP contribution in [0.25, 0.3) is 0 Å². The average molecular weight is 303 g/mol. The molecule has 1 heterocycles. The van der Waals surface area contributed by atoms with Crippen molar-refractivity contribution in [1.82, 2.24) is 5.32 Å². The van der Waals surface area contributed by atoms with Gasteiger partial charge in [-0.2, -0.15) is 23.5 Å². The van der Waals surface area contributed by atoms with Gasteiger partial charge in [0.1, 0.15) is 0 Å². The van der Waals surface area contributed by atoms with Crippen LogP contribution in [-0.2, 0) is 6.42 Å². The molecule has 0 aromatic heterocycles. The van der Waals surface area contributed by atoms with E-state index in [2.05, 4.69) is 12.2 Å². The molecule has 2 unspecified atom stereocenters. The predicted octanol–water partition coefficient (Wildman–Crippen LogP) is 3.33. The Labute approximate surface area is 121 Å². The SMILES string of the molecule is CCNC(Cc1ccc(F)c(F)c1)C1CSCCS1. The minimum absolute atomic E-state index is 0.327. The number of benzene rings is 1. The second-order valence-corrected chi connectivity index (χ2v) is 7.10. The molecule has 1 nitrogen and oxygen atoms in total. The summed E-state index contributed by atoms with van der Waals surface area (Å²) in [5.74, 6) is 2.00. The summed E-state index contributed by atoms with van der Waals surface area (Å²) in [5, 5.41) is 4.03. The highest BCUT2D eigenvalue weighted by Crippen LogP contribution is 2.28. The molecule has 0 amide bonds. The van der Waals surface area contributed by atoms with Crippen LogP contribution in [0.3, 0.4) is 0 Å². The highest BCUT2D eigenvalue weighted by Gasteiger charge is 2.24. The molecule has 1 N–H and O–H groups in total. The summed E-state index contributed by atoms with van der Waals surface area (Å²) in [6.45, 7) is 2.98. The lowest BCUT2D eigenvalue weighted by Gasteiger charge is -2.30. The van der Waals surface area contributed by atoms with Crippen molar-refractivity contribution in [3.63, 3.8) is 0 Å². The van der Waals surface area contributed by atoms with Gasteiger partial charge in [0, 0.05) is 28.6 Å². The largest absolute Gasteiger partial charge is 0.313 e. The van der Waals surface area contributed by atoms with Gasteiger partial charge in [-0.1, -0.05) is 13.0 Å². The standard InChI is InChI=1S/C14H19F2NS2/c1-2-17-13(14-9-18-5-6-19-14)8-10-3-4-11(15)12(16)7-10/h3-4,7,13-14,17H,2,5-6,8-9H2,1H3. The van der Waals surface area contributed by atoms with Gasteiger partial charge < -0.3 is 5.32 Å². The lowest BCUT2D eigenvalue weighted by molar-refractivity contribution is 0.498. The van der Waals surface area contributed by atoms with Gasteiger partial charge in [-0.15, -0.1) is 0 Å². The summed E-state index contributed by atoms with van der Waals surface area (Å²) in [6.07, 6.45) is 0.753. The first kappa shape index (κ1) is 15.1. The van der Waals surface area contributed by atoms with Crippen LogP contribution in [-0.4, -0.2) is 35.1 Å². The summed E-state index contributed by atoms with van der Waals surface area (Å²) in [5.41, 5.74) is 0.862. The van der Waals surface area contributed by atoms with E-state index in [-0.39, 0.29) is 0 Å². The number of likely N-dealkylation sites (N-methyl/N-ethyl adjacent to an activating group) is 1. The van der Waals surface area contributed by atoms with Crippen LogP contribution >= 0.6 is 23.5 Å². The van der Waals surface area contributed by atoms with Crippen LogP contribution in [0, 0.1) is 11.6 Å². The summed E-state index contributed by atoms with van der Waals surface area (Å²) in [4.78, 5) is 0. The lowest BCUT2D eigenvalue weighted by Crippen LogP contribution is -2.42. The third kappa shape index (κ3) is 4.36. The number of thioether (sulfide) groups is 2. The van der Waals surface area contributed by atoms with Crippen LogP contribution in [0.4, 0.5) is 8.78 Å². The normalized spacial score (nSPS) is 21.3. The molecule has 0 saturated carbocycles. The van der Waals surface area contributed by atoms with E-state index in [1.807, 2.05) is 23.5 Å². The van der Waals surface area contributed by atoms with Gasteiger partial charge in [0.05, 0.1) is 0 Å². The highest BCUT2D eigenvalue weighted by atomic mass is 32.2. The number of halogens is 2. The number of nitrogens with one attached hydrogen (secondary N) is 1. The first-order chi connectivity index (χ1) is 9.20. The predicted molar refractivity (Wildman–Crippen MR) is 81.1 cm³/mol. The quantitative estimate of drug-likeness (QED) is 0.896. The molecule has 0 radical (unpaired) electrons. The number of hydrogen-bond acceptors (Lipinski definition) is 3. The first-order valence-corrected chi connectivity index (χ1v) is 8.77. The van der Waals surface area contributed by atoms with E-state index in [4.69, 9.17) is 0 Å². The van der Waals surface area contributed by atoms with Crippen LogP contribution in [0.1, 0.15) is 12.5 Å².